The van der Waals surface area contributed by atoms with Crippen LogP contribution in [0.25, 0.3) is 11.3 Å². The standard InChI is InChI=1S/C14H14N2O3S2/c1-9-15-12(6-21-9)10-2-4-11(5-3-10)16-13(17)7-20-8-14(18)19/h2-6H,7-8H2,1H3,(H,16,17)(H,18,19). The van der Waals surface area contributed by atoms with Crippen LogP contribution in [-0.4, -0.2) is 33.5 Å². The van der Waals surface area contributed by atoms with E-state index in [9.17, 15) is 9.59 Å². The van der Waals surface area contributed by atoms with Crippen LogP contribution in [0.15, 0.2) is 29.6 Å². The number of benzene rings is 1. The number of hydrogen-bond donors (Lipinski definition) is 2. The fourth-order valence-electron chi connectivity index (χ4n) is 1.65. The van der Waals surface area contributed by atoms with E-state index in [1.165, 1.54) is 0 Å². The number of thioether (sulfide) groups is 1. The predicted molar refractivity (Wildman–Crippen MR) is 85.9 cm³/mol. The molecule has 1 amide bonds. The van der Waals surface area contributed by atoms with Gasteiger partial charge in [0, 0.05) is 16.6 Å². The number of carbonyl (C=O) groups excluding carboxylic acids is 1. The molecule has 21 heavy (non-hydrogen) atoms. The van der Waals surface area contributed by atoms with Gasteiger partial charge in [-0.25, -0.2) is 4.98 Å². The zero-order chi connectivity index (χ0) is 15.2. The van der Waals surface area contributed by atoms with E-state index in [1.807, 2.05) is 36.6 Å². The molecule has 2 rings (SSSR count). The monoisotopic (exact) mass is 322 g/mol. The Kier molecular flexibility index (Phi) is 5.35. The van der Waals surface area contributed by atoms with E-state index in [1.54, 1.807) is 11.3 Å². The lowest BCUT2D eigenvalue weighted by molar-refractivity contribution is -0.133. The van der Waals surface area contributed by atoms with Gasteiger partial charge in [0.1, 0.15) is 0 Å². The van der Waals surface area contributed by atoms with E-state index in [0.29, 0.717) is 5.69 Å². The van der Waals surface area contributed by atoms with Crippen molar-refractivity contribution in [1.82, 2.24) is 4.98 Å². The van der Waals surface area contributed by atoms with Crippen molar-refractivity contribution in [3.05, 3.63) is 34.7 Å². The number of anilines is 1. The van der Waals surface area contributed by atoms with E-state index in [-0.39, 0.29) is 17.4 Å². The first-order chi connectivity index (χ1) is 10.0. The highest BCUT2D eigenvalue weighted by atomic mass is 32.2. The number of thiazole rings is 1. The van der Waals surface area contributed by atoms with Crippen LogP contribution in [0, 0.1) is 6.92 Å². The molecule has 0 bridgehead atoms. The van der Waals surface area contributed by atoms with E-state index in [2.05, 4.69) is 10.3 Å². The van der Waals surface area contributed by atoms with Crippen molar-refractivity contribution in [2.24, 2.45) is 0 Å². The maximum absolute atomic E-state index is 11.6. The molecule has 0 saturated carbocycles. The maximum Gasteiger partial charge on any atom is 0.313 e. The van der Waals surface area contributed by atoms with Crippen molar-refractivity contribution in [2.45, 2.75) is 6.92 Å². The van der Waals surface area contributed by atoms with Gasteiger partial charge in [0.2, 0.25) is 5.91 Å². The van der Waals surface area contributed by atoms with Gasteiger partial charge in [-0.15, -0.1) is 23.1 Å². The minimum Gasteiger partial charge on any atom is -0.481 e. The molecule has 7 heteroatoms. The van der Waals surface area contributed by atoms with Crippen LogP contribution in [0.3, 0.4) is 0 Å². The molecule has 0 aliphatic carbocycles. The van der Waals surface area contributed by atoms with Gasteiger partial charge in [0.05, 0.1) is 22.2 Å². The third kappa shape index (κ3) is 4.87. The molecule has 1 heterocycles. The Balaban J connectivity index is 1.90. The van der Waals surface area contributed by atoms with Gasteiger partial charge in [-0.3, -0.25) is 9.59 Å². The molecule has 0 fully saturated rings. The number of carbonyl (C=O) groups is 2. The quantitative estimate of drug-likeness (QED) is 0.855. The largest absolute Gasteiger partial charge is 0.481 e. The number of hydrogen-bond acceptors (Lipinski definition) is 5. The van der Waals surface area contributed by atoms with Crippen LogP contribution in [0.2, 0.25) is 0 Å². The molecule has 0 radical (unpaired) electrons. The number of amides is 1. The van der Waals surface area contributed by atoms with Gasteiger partial charge in [-0.2, -0.15) is 0 Å². The molecule has 0 aliphatic rings. The summed E-state index contributed by atoms with van der Waals surface area (Å²) >= 11 is 2.67. The summed E-state index contributed by atoms with van der Waals surface area (Å²) in [5, 5.41) is 14.2. The summed E-state index contributed by atoms with van der Waals surface area (Å²) in [5.41, 5.74) is 2.61. The Hall–Kier alpha value is -1.86. The first kappa shape index (κ1) is 15.5. The summed E-state index contributed by atoms with van der Waals surface area (Å²) in [4.78, 5) is 26.4. The molecule has 1 aromatic heterocycles. The Morgan fingerprint density at radius 3 is 2.57 bits per heavy atom. The zero-order valence-corrected chi connectivity index (χ0v) is 13.0. The van der Waals surface area contributed by atoms with Crippen molar-refractivity contribution < 1.29 is 14.7 Å². The van der Waals surface area contributed by atoms with Gasteiger partial charge in [-0.05, 0) is 19.1 Å². The molecule has 0 spiro atoms. The van der Waals surface area contributed by atoms with Crippen molar-refractivity contribution in [2.75, 3.05) is 16.8 Å². The topological polar surface area (TPSA) is 79.3 Å². The van der Waals surface area contributed by atoms with Gasteiger partial charge in [0.15, 0.2) is 0 Å². The number of aromatic nitrogens is 1. The van der Waals surface area contributed by atoms with Crippen molar-refractivity contribution in [3.63, 3.8) is 0 Å². The second-order valence-corrected chi connectivity index (χ2v) is 6.31. The van der Waals surface area contributed by atoms with Crippen molar-refractivity contribution in [3.8, 4) is 11.3 Å². The number of nitrogens with zero attached hydrogens (tertiary/aromatic N) is 1. The second-order valence-electron chi connectivity index (χ2n) is 4.26. The highest BCUT2D eigenvalue weighted by Gasteiger charge is 2.06. The van der Waals surface area contributed by atoms with Crippen LogP contribution in [0.4, 0.5) is 5.69 Å². The molecule has 0 aliphatic heterocycles. The molecule has 0 saturated heterocycles. The molecule has 2 N–H and O–H groups in total. The smallest absolute Gasteiger partial charge is 0.313 e. The molecule has 110 valence electrons. The zero-order valence-electron chi connectivity index (χ0n) is 11.3. The Labute approximate surface area is 130 Å². The number of aliphatic carboxylic acids is 1. The molecule has 0 atom stereocenters. The normalized spacial score (nSPS) is 10.3. The van der Waals surface area contributed by atoms with Gasteiger partial charge < -0.3 is 10.4 Å². The van der Waals surface area contributed by atoms with Crippen LogP contribution in [-0.2, 0) is 9.59 Å². The van der Waals surface area contributed by atoms with E-state index in [4.69, 9.17) is 5.11 Å². The summed E-state index contributed by atoms with van der Waals surface area (Å²) in [5.74, 6) is -1.08. The first-order valence-corrected chi connectivity index (χ1v) is 8.20. The fraction of sp³-hybridized carbons (Fsp3) is 0.214. The SMILES string of the molecule is Cc1nc(-c2ccc(NC(=O)CSCC(=O)O)cc2)cs1. The average Bonchev–Trinajstić information content (AvgIpc) is 2.86. The number of aryl methyl sites for hydroxylation is 1. The number of carboxylic acids is 1. The van der Waals surface area contributed by atoms with E-state index >= 15 is 0 Å². The van der Waals surface area contributed by atoms with Gasteiger partial charge in [0.25, 0.3) is 0 Å². The van der Waals surface area contributed by atoms with Gasteiger partial charge in [-0.1, -0.05) is 12.1 Å². The minimum absolute atomic E-state index is 0.0739. The molecular formula is C14H14N2O3S2. The van der Waals surface area contributed by atoms with Crippen LogP contribution < -0.4 is 5.32 Å². The highest BCUT2D eigenvalue weighted by molar-refractivity contribution is 8.00. The van der Waals surface area contributed by atoms with Crippen LogP contribution in [0.1, 0.15) is 5.01 Å². The van der Waals surface area contributed by atoms with Crippen LogP contribution in [0.5, 0.6) is 0 Å². The third-order valence-electron chi connectivity index (χ3n) is 2.54. The second kappa shape index (κ2) is 7.24. The Morgan fingerprint density at radius 2 is 2.00 bits per heavy atom. The summed E-state index contributed by atoms with van der Waals surface area (Å²) in [6, 6.07) is 7.41. The summed E-state index contributed by atoms with van der Waals surface area (Å²) in [6.45, 7) is 1.96. The summed E-state index contributed by atoms with van der Waals surface area (Å²) in [7, 11) is 0. The number of nitrogens with one attached hydrogen (secondary N) is 1. The first-order valence-electron chi connectivity index (χ1n) is 6.16. The number of carboxylic acid groups (broad SMARTS) is 1. The van der Waals surface area contributed by atoms with Crippen LogP contribution >= 0.6 is 23.1 Å². The van der Waals surface area contributed by atoms with E-state index < -0.39 is 5.97 Å². The average molecular weight is 322 g/mol. The minimum atomic E-state index is -0.921. The Bertz CT molecular complexity index is 638. The molecular weight excluding hydrogens is 308 g/mol. The maximum atomic E-state index is 11.6. The lowest BCUT2D eigenvalue weighted by Crippen LogP contribution is -2.15. The lowest BCUT2D eigenvalue weighted by Gasteiger charge is -2.05. The highest BCUT2D eigenvalue weighted by Crippen LogP contribution is 2.23. The van der Waals surface area contributed by atoms with E-state index in [0.717, 1.165) is 28.0 Å². The number of rotatable bonds is 6. The third-order valence-corrected chi connectivity index (χ3v) is 4.23. The fourth-order valence-corrected chi connectivity index (χ4v) is 2.80. The van der Waals surface area contributed by atoms with Crippen molar-refractivity contribution >= 4 is 40.7 Å². The predicted octanol–water partition coefficient (Wildman–Crippen LogP) is 2.87. The molecule has 1 aromatic carbocycles. The molecule has 5 nitrogen and oxygen atoms in total. The van der Waals surface area contributed by atoms with Crippen molar-refractivity contribution in [1.29, 1.82) is 0 Å². The molecule has 2 aromatic rings. The Morgan fingerprint density at radius 1 is 1.29 bits per heavy atom. The summed E-state index contributed by atoms with van der Waals surface area (Å²) < 4.78 is 0. The van der Waals surface area contributed by atoms with Gasteiger partial charge >= 0.3 is 5.97 Å². The molecule has 0 unspecified atom stereocenters. The summed E-state index contributed by atoms with van der Waals surface area (Å²) in [6.07, 6.45) is 0. The lowest BCUT2D eigenvalue weighted by atomic mass is 10.1.